The van der Waals surface area contributed by atoms with E-state index in [1.165, 1.54) is 0 Å². The lowest BCUT2D eigenvalue weighted by molar-refractivity contribution is -0.122. The van der Waals surface area contributed by atoms with Gasteiger partial charge in [-0.15, -0.1) is 0 Å². The third-order valence-electron chi connectivity index (χ3n) is 8.61. The second-order valence-electron chi connectivity index (χ2n) is 10.6. The average Bonchev–Trinajstić information content (AvgIpc) is 3.48. The van der Waals surface area contributed by atoms with Gasteiger partial charge in [0.25, 0.3) is 0 Å². The van der Waals surface area contributed by atoms with Gasteiger partial charge in [0.05, 0.1) is 19.1 Å². The summed E-state index contributed by atoms with van der Waals surface area (Å²) in [5.74, 6) is -1.16. The first-order valence-corrected chi connectivity index (χ1v) is 14.2. The fourth-order valence-electron chi connectivity index (χ4n) is 6.91. The van der Waals surface area contributed by atoms with Crippen LogP contribution in [0.4, 0.5) is 5.69 Å². The van der Waals surface area contributed by atoms with Crippen LogP contribution in [0.2, 0.25) is 0 Å². The Morgan fingerprint density at radius 2 is 1.63 bits per heavy atom. The van der Waals surface area contributed by atoms with E-state index in [1.54, 1.807) is 43.5 Å². The summed E-state index contributed by atoms with van der Waals surface area (Å²) in [6.07, 6.45) is 3.84. The van der Waals surface area contributed by atoms with Crippen LogP contribution in [0.3, 0.4) is 0 Å². The van der Waals surface area contributed by atoms with Gasteiger partial charge in [-0.3, -0.25) is 14.4 Å². The molecular formula is C34H25BrN2O4. The number of para-hydroxylation sites is 1. The van der Waals surface area contributed by atoms with E-state index in [-0.39, 0.29) is 17.5 Å². The van der Waals surface area contributed by atoms with Crippen molar-refractivity contribution in [2.75, 3.05) is 12.4 Å². The zero-order valence-corrected chi connectivity index (χ0v) is 23.7. The number of amides is 1. The molecule has 4 unspecified atom stereocenters. The molecule has 41 heavy (non-hydrogen) atoms. The number of rotatable bonds is 5. The van der Waals surface area contributed by atoms with Crippen LogP contribution in [0, 0.1) is 5.92 Å². The highest BCUT2D eigenvalue weighted by Crippen LogP contribution is 2.61. The predicted molar refractivity (Wildman–Crippen MR) is 160 cm³/mol. The Labute approximate surface area is 245 Å². The topological polar surface area (TPSA) is 75.7 Å². The molecule has 1 amide bonds. The lowest BCUT2D eigenvalue weighted by atomic mass is 9.63. The van der Waals surface area contributed by atoms with Gasteiger partial charge in [-0.05, 0) is 53.1 Å². The fraction of sp³-hybridized carbons (Fsp3) is 0.147. The number of carbonyl (C=O) groups excluding carboxylic acids is 3. The molecule has 0 aliphatic carbocycles. The van der Waals surface area contributed by atoms with E-state index in [2.05, 4.69) is 21.2 Å². The number of methoxy groups -OCH3 is 1. The van der Waals surface area contributed by atoms with E-state index in [0.29, 0.717) is 28.1 Å². The fourth-order valence-corrected chi connectivity index (χ4v) is 7.17. The largest absolute Gasteiger partial charge is 0.497 e. The number of Topliss-reactive ketones (excluding diaryl/α,β-unsaturated/α-hetero) is 2. The second-order valence-corrected chi connectivity index (χ2v) is 11.5. The van der Waals surface area contributed by atoms with E-state index in [0.717, 1.165) is 15.6 Å². The summed E-state index contributed by atoms with van der Waals surface area (Å²) in [6.45, 7) is 0. The number of benzene rings is 4. The van der Waals surface area contributed by atoms with E-state index in [9.17, 15) is 14.4 Å². The van der Waals surface area contributed by atoms with Crippen molar-refractivity contribution in [2.24, 2.45) is 5.92 Å². The standard InChI is InChI=1S/C34H25BrN2O4/c1-41-24-9-6-8-22(19-24)30(38)28-29-25-10-3-2-7-20(25)17-18-37(29)32(31(39)21-13-15-23(35)16-14-21)34(28)26-11-4-5-12-27(26)36-33(34)40/h2-19,28-29,32H,1H3,(H,36,40). The molecule has 6 nitrogen and oxygen atoms in total. The maximum atomic E-state index is 14.8. The Morgan fingerprint density at radius 3 is 2.44 bits per heavy atom. The normalized spacial score (nSPS) is 23.5. The van der Waals surface area contributed by atoms with E-state index in [1.807, 2.05) is 77.8 Å². The molecular weight excluding hydrogens is 580 g/mol. The Bertz CT molecular complexity index is 1760. The third kappa shape index (κ3) is 3.65. The first kappa shape index (κ1) is 25.5. The molecule has 0 aromatic heterocycles. The Hall–Kier alpha value is -4.49. The molecule has 3 heterocycles. The molecule has 1 saturated heterocycles. The number of carbonyl (C=O) groups is 3. The summed E-state index contributed by atoms with van der Waals surface area (Å²) in [4.78, 5) is 45.9. The first-order valence-electron chi connectivity index (χ1n) is 13.4. The number of anilines is 1. The van der Waals surface area contributed by atoms with Crippen LogP contribution >= 0.6 is 15.9 Å². The Balaban J connectivity index is 1.53. The summed E-state index contributed by atoms with van der Waals surface area (Å²) in [5, 5.41) is 3.04. The molecule has 1 fully saturated rings. The molecule has 7 rings (SSSR count). The summed E-state index contributed by atoms with van der Waals surface area (Å²) >= 11 is 3.46. The van der Waals surface area contributed by atoms with Crippen LogP contribution in [0.5, 0.6) is 5.75 Å². The summed E-state index contributed by atoms with van der Waals surface area (Å²) in [6, 6.07) is 27.9. The highest BCUT2D eigenvalue weighted by molar-refractivity contribution is 9.10. The molecule has 7 heteroatoms. The molecule has 4 aromatic rings. The lowest BCUT2D eigenvalue weighted by Gasteiger charge is -2.35. The van der Waals surface area contributed by atoms with E-state index in [4.69, 9.17) is 4.74 Å². The van der Waals surface area contributed by atoms with Crippen LogP contribution in [0.1, 0.15) is 43.4 Å². The van der Waals surface area contributed by atoms with Gasteiger partial charge in [0, 0.05) is 27.5 Å². The molecule has 4 aromatic carbocycles. The number of ether oxygens (including phenoxy) is 1. The number of hydrogen-bond acceptors (Lipinski definition) is 5. The van der Waals surface area contributed by atoms with Gasteiger partial charge in [0.2, 0.25) is 5.91 Å². The highest BCUT2D eigenvalue weighted by Gasteiger charge is 2.71. The second kappa shape index (κ2) is 9.56. The smallest absolute Gasteiger partial charge is 0.238 e. The number of nitrogens with zero attached hydrogens (tertiary/aromatic N) is 1. The van der Waals surface area contributed by atoms with Crippen molar-refractivity contribution in [1.82, 2.24) is 4.90 Å². The van der Waals surface area contributed by atoms with Gasteiger partial charge in [0.15, 0.2) is 11.6 Å². The molecule has 3 aliphatic heterocycles. The van der Waals surface area contributed by atoms with Crippen LogP contribution in [0.15, 0.2) is 108 Å². The molecule has 1 N–H and O–H groups in total. The summed E-state index contributed by atoms with van der Waals surface area (Å²) in [5.41, 5.74) is 2.53. The quantitative estimate of drug-likeness (QED) is 0.265. The summed E-state index contributed by atoms with van der Waals surface area (Å²) in [7, 11) is 1.55. The maximum Gasteiger partial charge on any atom is 0.238 e. The number of ketones is 2. The van der Waals surface area contributed by atoms with E-state index < -0.39 is 23.4 Å². The molecule has 0 radical (unpaired) electrons. The molecule has 0 bridgehead atoms. The maximum absolute atomic E-state index is 14.8. The van der Waals surface area contributed by atoms with Gasteiger partial charge in [-0.25, -0.2) is 0 Å². The van der Waals surface area contributed by atoms with Crippen molar-refractivity contribution in [3.63, 3.8) is 0 Å². The summed E-state index contributed by atoms with van der Waals surface area (Å²) < 4.78 is 6.28. The minimum Gasteiger partial charge on any atom is -0.497 e. The molecule has 1 spiro atoms. The molecule has 0 saturated carbocycles. The monoisotopic (exact) mass is 604 g/mol. The molecule has 4 atom stereocenters. The van der Waals surface area contributed by atoms with Gasteiger partial charge in [0.1, 0.15) is 17.2 Å². The average molecular weight is 605 g/mol. The Kier molecular flexibility index (Phi) is 5.94. The number of nitrogens with one attached hydrogen (secondary N) is 1. The zero-order chi connectivity index (χ0) is 28.3. The predicted octanol–water partition coefficient (Wildman–Crippen LogP) is 6.44. The van der Waals surface area contributed by atoms with E-state index >= 15 is 0 Å². The number of hydrogen-bond donors (Lipinski definition) is 1. The third-order valence-corrected chi connectivity index (χ3v) is 9.14. The van der Waals surface area contributed by atoms with Gasteiger partial charge < -0.3 is 15.0 Å². The first-order chi connectivity index (χ1) is 19.9. The zero-order valence-electron chi connectivity index (χ0n) is 22.1. The minimum absolute atomic E-state index is 0.220. The Morgan fingerprint density at radius 1 is 0.878 bits per heavy atom. The van der Waals surface area contributed by atoms with Crippen molar-refractivity contribution in [1.29, 1.82) is 0 Å². The van der Waals surface area contributed by atoms with Crippen molar-refractivity contribution in [2.45, 2.75) is 17.5 Å². The highest BCUT2D eigenvalue weighted by atomic mass is 79.9. The molecule has 202 valence electrons. The molecule has 3 aliphatic rings. The number of halogens is 1. The van der Waals surface area contributed by atoms with Gasteiger partial charge in [-0.1, -0.05) is 82.7 Å². The lowest BCUT2D eigenvalue weighted by Crippen LogP contribution is -2.54. The van der Waals surface area contributed by atoms with Crippen LogP contribution in [0.25, 0.3) is 6.08 Å². The van der Waals surface area contributed by atoms with Crippen LogP contribution < -0.4 is 10.1 Å². The van der Waals surface area contributed by atoms with Crippen molar-refractivity contribution < 1.29 is 19.1 Å². The minimum atomic E-state index is -1.49. The van der Waals surface area contributed by atoms with Crippen molar-refractivity contribution in [3.05, 3.63) is 136 Å². The van der Waals surface area contributed by atoms with Crippen LogP contribution in [-0.2, 0) is 10.2 Å². The van der Waals surface area contributed by atoms with Crippen molar-refractivity contribution in [3.8, 4) is 5.75 Å². The SMILES string of the molecule is COc1cccc(C(=O)C2C3c4ccccc4C=CN3C(C(=O)c3ccc(Br)cc3)C23C(=O)Nc2ccccc23)c1. The number of fused-ring (bicyclic) bond motifs is 5. The van der Waals surface area contributed by atoms with Gasteiger partial charge >= 0.3 is 0 Å². The van der Waals surface area contributed by atoms with Gasteiger partial charge in [-0.2, -0.15) is 0 Å². The van der Waals surface area contributed by atoms with Crippen molar-refractivity contribution >= 4 is 45.2 Å². The van der Waals surface area contributed by atoms with Crippen LogP contribution in [-0.4, -0.2) is 35.5 Å².